The summed E-state index contributed by atoms with van der Waals surface area (Å²) >= 11 is 0. The Morgan fingerprint density at radius 1 is 1.08 bits per heavy atom. The first-order valence-electron chi connectivity index (χ1n) is 8.22. The van der Waals surface area contributed by atoms with E-state index < -0.39 is 5.97 Å². The fourth-order valence-electron chi connectivity index (χ4n) is 2.59. The molecule has 1 aromatic heterocycles. The highest BCUT2D eigenvalue weighted by Gasteiger charge is 2.09. The molecular weight excluding hydrogens is 328 g/mol. The van der Waals surface area contributed by atoms with E-state index in [0.717, 1.165) is 5.69 Å². The minimum absolute atomic E-state index is 0.224. The van der Waals surface area contributed by atoms with E-state index in [4.69, 9.17) is 5.11 Å². The van der Waals surface area contributed by atoms with E-state index in [1.807, 2.05) is 43.1 Å². The van der Waals surface area contributed by atoms with Crippen molar-refractivity contribution in [3.8, 4) is 0 Å². The van der Waals surface area contributed by atoms with Crippen LogP contribution in [-0.4, -0.2) is 28.1 Å². The van der Waals surface area contributed by atoms with Gasteiger partial charge in [0.25, 0.3) is 0 Å². The molecule has 2 aromatic carbocycles. The number of carbonyl (C=O) groups is 1. The van der Waals surface area contributed by atoms with Gasteiger partial charge in [-0.05, 0) is 30.7 Å². The van der Waals surface area contributed by atoms with Crippen LogP contribution in [0, 0.1) is 6.92 Å². The molecule has 6 nitrogen and oxygen atoms in total. The first-order valence-corrected chi connectivity index (χ1v) is 8.22. The maximum atomic E-state index is 11.1. The molecule has 0 unspecified atom stereocenters. The number of hydrogen-bond donors (Lipinski definition) is 2. The van der Waals surface area contributed by atoms with E-state index in [1.165, 1.54) is 5.56 Å². The number of aromatic carboxylic acids is 1. The van der Waals surface area contributed by atoms with Gasteiger partial charge < -0.3 is 15.3 Å². The zero-order chi connectivity index (χ0) is 18.5. The average molecular weight is 348 g/mol. The summed E-state index contributed by atoms with van der Waals surface area (Å²) in [5, 5.41) is 12.3. The third-order valence-electron chi connectivity index (χ3n) is 3.83. The van der Waals surface area contributed by atoms with Crippen molar-refractivity contribution in [2.24, 2.45) is 0 Å². The molecule has 26 heavy (non-hydrogen) atoms. The molecule has 0 spiro atoms. The second kappa shape index (κ2) is 7.65. The first-order chi connectivity index (χ1) is 12.5. The molecule has 0 bridgehead atoms. The number of nitrogens with one attached hydrogen (secondary N) is 1. The average Bonchev–Trinajstić information content (AvgIpc) is 2.62. The minimum atomic E-state index is -0.962. The lowest BCUT2D eigenvalue weighted by molar-refractivity contribution is 0.0697. The quantitative estimate of drug-likeness (QED) is 0.704. The molecule has 0 radical (unpaired) electrons. The number of rotatable bonds is 6. The molecule has 0 aliphatic rings. The number of hydrogen-bond acceptors (Lipinski definition) is 5. The maximum Gasteiger partial charge on any atom is 0.335 e. The van der Waals surface area contributed by atoms with Crippen LogP contribution in [0.3, 0.4) is 0 Å². The lowest BCUT2D eigenvalue weighted by Gasteiger charge is -2.18. The Morgan fingerprint density at radius 3 is 2.58 bits per heavy atom. The van der Waals surface area contributed by atoms with Crippen LogP contribution < -0.4 is 10.2 Å². The fourth-order valence-corrected chi connectivity index (χ4v) is 2.59. The van der Waals surface area contributed by atoms with Crippen molar-refractivity contribution < 1.29 is 9.90 Å². The van der Waals surface area contributed by atoms with Crippen LogP contribution in [0.25, 0.3) is 0 Å². The third-order valence-corrected chi connectivity index (χ3v) is 3.83. The van der Waals surface area contributed by atoms with Crippen molar-refractivity contribution in [2.45, 2.75) is 13.5 Å². The molecular formula is C20H20N4O2. The standard InChI is InChI=1S/C20H20N4O2/c1-14-11-18(22-17-10-6-9-16(12-17)19(25)26)23-20(21-14)24(2)13-15-7-4-3-5-8-15/h3-12H,13H2,1-2H3,(H,25,26)(H,21,22,23). The van der Waals surface area contributed by atoms with Crippen LogP contribution in [0.4, 0.5) is 17.5 Å². The Bertz CT molecular complexity index is 913. The molecule has 0 aliphatic carbocycles. The highest BCUT2D eigenvalue weighted by molar-refractivity contribution is 5.89. The number of nitrogens with zero attached hydrogens (tertiary/aromatic N) is 3. The van der Waals surface area contributed by atoms with Crippen LogP contribution in [0.2, 0.25) is 0 Å². The van der Waals surface area contributed by atoms with E-state index in [1.54, 1.807) is 24.3 Å². The topological polar surface area (TPSA) is 78.3 Å². The Balaban J connectivity index is 1.81. The van der Waals surface area contributed by atoms with Crippen molar-refractivity contribution in [1.29, 1.82) is 0 Å². The monoisotopic (exact) mass is 348 g/mol. The molecule has 0 atom stereocenters. The van der Waals surface area contributed by atoms with Gasteiger partial charge in [-0.3, -0.25) is 0 Å². The summed E-state index contributed by atoms with van der Waals surface area (Å²) in [6, 6.07) is 18.6. The second-order valence-electron chi connectivity index (χ2n) is 6.05. The van der Waals surface area contributed by atoms with Gasteiger partial charge in [-0.2, -0.15) is 4.98 Å². The predicted octanol–water partition coefficient (Wildman–Crippen LogP) is 3.86. The molecule has 0 saturated heterocycles. The van der Waals surface area contributed by atoms with Gasteiger partial charge >= 0.3 is 5.97 Å². The Labute approximate surface area is 152 Å². The molecule has 0 aliphatic heterocycles. The maximum absolute atomic E-state index is 11.1. The van der Waals surface area contributed by atoms with Gasteiger partial charge in [0.2, 0.25) is 5.95 Å². The lowest BCUT2D eigenvalue weighted by atomic mass is 10.2. The van der Waals surface area contributed by atoms with Crippen molar-refractivity contribution in [2.75, 3.05) is 17.3 Å². The smallest absolute Gasteiger partial charge is 0.335 e. The minimum Gasteiger partial charge on any atom is -0.478 e. The van der Waals surface area contributed by atoms with Gasteiger partial charge in [0, 0.05) is 31.0 Å². The number of carboxylic acid groups (broad SMARTS) is 1. The van der Waals surface area contributed by atoms with Crippen LogP contribution in [-0.2, 0) is 6.54 Å². The molecule has 0 fully saturated rings. The normalized spacial score (nSPS) is 10.4. The zero-order valence-electron chi connectivity index (χ0n) is 14.7. The molecule has 2 N–H and O–H groups in total. The molecule has 1 heterocycles. The fraction of sp³-hybridized carbons (Fsp3) is 0.150. The number of anilines is 3. The van der Waals surface area contributed by atoms with Gasteiger partial charge in [0.15, 0.2) is 0 Å². The Hall–Kier alpha value is -3.41. The summed E-state index contributed by atoms with van der Waals surface area (Å²) in [6.45, 7) is 2.60. The van der Waals surface area contributed by atoms with Crippen molar-refractivity contribution in [3.05, 3.63) is 77.5 Å². The largest absolute Gasteiger partial charge is 0.478 e. The third kappa shape index (κ3) is 4.36. The molecule has 3 aromatic rings. The van der Waals surface area contributed by atoms with Gasteiger partial charge in [-0.15, -0.1) is 0 Å². The van der Waals surface area contributed by atoms with Crippen LogP contribution in [0.1, 0.15) is 21.6 Å². The summed E-state index contributed by atoms with van der Waals surface area (Å²) in [7, 11) is 1.94. The second-order valence-corrected chi connectivity index (χ2v) is 6.05. The number of aromatic nitrogens is 2. The molecule has 0 amide bonds. The SMILES string of the molecule is Cc1cc(Nc2cccc(C(=O)O)c2)nc(N(C)Cc2ccccc2)n1. The van der Waals surface area contributed by atoms with Crippen LogP contribution >= 0.6 is 0 Å². The van der Waals surface area contributed by atoms with Crippen molar-refractivity contribution >= 4 is 23.4 Å². The van der Waals surface area contributed by atoms with E-state index in [0.29, 0.717) is 24.0 Å². The summed E-state index contributed by atoms with van der Waals surface area (Å²) in [5.74, 6) is 0.261. The molecule has 6 heteroatoms. The summed E-state index contributed by atoms with van der Waals surface area (Å²) in [5.41, 5.74) is 2.89. The predicted molar refractivity (Wildman–Crippen MR) is 102 cm³/mol. The van der Waals surface area contributed by atoms with Crippen molar-refractivity contribution in [1.82, 2.24) is 9.97 Å². The lowest BCUT2D eigenvalue weighted by Crippen LogP contribution is -2.19. The first kappa shape index (κ1) is 17.4. The number of benzene rings is 2. The van der Waals surface area contributed by atoms with E-state index in [-0.39, 0.29) is 5.56 Å². The molecule has 3 rings (SSSR count). The number of carboxylic acids is 1. The van der Waals surface area contributed by atoms with E-state index in [9.17, 15) is 4.79 Å². The Kier molecular flexibility index (Phi) is 5.12. The molecule has 0 saturated carbocycles. The van der Waals surface area contributed by atoms with Gasteiger partial charge in [-0.25, -0.2) is 9.78 Å². The highest BCUT2D eigenvalue weighted by Crippen LogP contribution is 2.20. The Morgan fingerprint density at radius 2 is 1.85 bits per heavy atom. The van der Waals surface area contributed by atoms with Gasteiger partial charge in [0.1, 0.15) is 5.82 Å². The van der Waals surface area contributed by atoms with Crippen molar-refractivity contribution in [3.63, 3.8) is 0 Å². The molecule has 132 valence electrons. The summed E-state index contributed by atoms with van der Waals surface area (Å²) in [4.78, 5) is 22.1. The van der Waals surface area contributed by atoms with Crippen LogP contribution in [0.15, 0.2) is 60.7 Å². The summed E-state index contributed by atoms with van der Waals surface area (Å²) < 4.78 is 0. The van der Waals surface area contributed by atoms with Gasteiger partial charge in [0.05, 0.1) is 5.56 Å². The van der Waals surface area contributed by atoms with Gasteiger partial charge in [-0.1, -0.05) is 36.4 Å². The van der Waals surface area contributed by atoms with E-state index >= 15 is 0 Å². The zero-order valence-corrected chi connectivity index (χ0v) is 14.7. The summed E-state index contributed by atoms with van der Waals surface area (Å²) in [6.07, 6.45) is 0. The highest BCUT2D eigenvalue weighted by atomic mass is 16.4. The van der Waals surface area contributed by atoms with Crippen LogP contribution in [0.5, 0.6) is 0 Å². The van der Waals surface area contributed by atoms with E-state index in [2.05, 4.69) is 27.4 Å². The number of aryl methyl sites for hydroxylation is 1.